The maximum atomic E-state index is 12.1. The van der Waals surface area contributed by atoms with Gasteiger partial charge in [-0.1, -0.05) is 60.7 Å². The fourth-order valence-electron chi connectivity index (χ4n) is 2.11. The predicted molar refractivity (Wildman–Crippen MR) is 76.3 cm³/mol. The number of halogens is 1. The average Bonchev–Trinajstić information content (AvgIpc) is 2.46. The standard InChI is InChI=1S/C16H13ClO3/c1-12(18)20-16(15(17)19,13-8-4-2-5-9-13)14-10-6-3-7-11-14/h2-11H,1H3. The van der Waals surface area contributed by atoms with Gasteiger partial charge >= 0.3 is 5.97 Å². The monoisotopic (exact) mass is 288 g/mol. The highest BCUT2D eigenvalue weighted by molar-refractivity contribution is 6.65. The second kappa shape index (κ2) is 5.88. The van der Waals surface area contributed by atoms with Gasteiger partial charge in [0, 0.05) is 18.1 Å². The summed E-state index contributed by atoms with van der Waals surface area (Å²) in [5.74, 6) is -0.577. The number of carbonyl (C=O) groups excluding carboxylic acids is 2. The highest BCUT2D eigenvalue weighted by Crippen LogP contribution is 2.36. The lowest BCUT2D eigenvalue weighted by atomic mass is 9.87. The van der Waals surface area contributed by atoms with Crippen LogP contribution in [0, 0.1) is 0 Å². The van der Waals surface area contributed by atoms with Crippen molar-refractivity contribution in [2.24, 2.45) is 0 Å². The molecule has 0 aliphatic rings. The largest absolute Gasteiger partial charge is 0.440 e. The van der Waals surface area contributed by atoms with E-state index in [1.807, 2.05) is 12.1 Å². The van der Waals surface area contributed by atoms with Gasteiger partial charge in [-0.3, -0.25) is 9.59 Å². The molecule has 0 saturated heterocycles. The minimum Gasteiger partial charge on any atom is -0.440 e. The first kappa shape index (κ1) is 14.3. The molecule has 0 N–H and O–H groups in total. The van der Waals surface area contributed by atoms with Gasteiger partial charge in [0.25, 0.3) is 5.24 Å². The summed E-state index contributed by atoms with van der Waals surface area (Å²) < 4.78 is 5.35. The molecule has 0 bridgehead atoms. The van der Waals surface area contributed by atoms with Crippen molar-refractivity contribution in [3.8, 4) is 0 Å². The molecule has 0 aliphatic heterocycles. The third kappa shape index (κ3) is 2.58. The van der Waals surface area contributed by atoms with E-state index in [2.05, 4.69) is 0 Å². The van der Waals surface area contributed by atoms with Gasteiger partial charge in [-0.15, -0.1) is 0 Å². The first-order valence-corrected chi connectivity index (χ1v) is 6.45. The van der Waals surface area contributed by atoms with Crippen molar-refractivity contribution in [2.45, 2.75) is 12.5 Å². The number of hydrogen-bond acceptors (Lipinski definition) is 3. The van der Waals surface area contributed by atoms with E-state index in [1.165, 1.54) is 6.92 Å². The molecule has 4 heteroatoms. The van der Waals surface area contributed by atoms with Crippen LogP contribution in [0.1, 0.15) is 18.1 Å². The van der Waals surface area contributed by atoms with E-state index in [0.29, 0.717) is 11.1 Å². The Morgan fingerprint density at radius 2 is 1.30 bits per heavy atom. The zero-order valence-electron chi connectivity index (χ0n) is 10.9. The lowest BCUT2D eigenvalue weighted by Crippen LogP contribution is -2.39. The second-order valence-electron chi connectivity index (χ2n) is 4.28. The van der Waals surface area contributed by atoms with E-state index in [-0.39, 0.29) is 0 Å². The van der Waals surface area contributed by atoms with E-state index in [0.717, 1.165) is 0 Å². The molecule has 0 aromatic heterocycles. The molecule has 102 valence electrons. The maximum Gasteiger partial charge on any atom is 0.304 e. The van der Waals surface area contributed by atoms with Gasteiger partial charge < -0.3 is 4.74 Å². The number of benzene rings is 2. The van der Waals surface area contributed by atoms with E-state index >= 15 is 0 Å². The third-order valence-corrected chi connectivity index (χ3v) is 3.20. The molecule has 0 atom stereocenters. The van der Waals surface area contributed by atoms with Gasteiger partial charge in [0.2, 0.25) is 5.60 Å². The SMILES string of the molecule is CC(=O)OC(C(=O)Cl)(c1ccccc1)c1ccccc1. The molecule has 2 aromatic rings. The molecule has 0 unspecified atom stereocenters. The smallest absolute Gasteiger partial charge is 0.304 e. The molecule has 0 heterocycles. The fourth-order valence-corrected chi connectivity index (χ4v) is 2.37. The van der Waals surface area contributed by atoms with Crippen LogP contribution in [0.25, 0.3) is 0 Å². The summed E-state index contributed by atoms with van der Waals surface area (Å²) in [7, 11) is 0. The highest BCUT2D eigenvalue weighted by Gasteiger charge is 2.44. The molecule has 2 aromatic carbocycles. The quantitative estimate of drug-likeness (QED) is 0.641. The van der Waals surface area contributed by atoms with Crippen LogP contribution in [-0.4, -0.2) is 11.2 Å². The van der Waals surface area contributed by atoms with Gasteiger partial charge in [-0.05, 0) is 11.6 Å². The Morgan fingerprint density at radius 3 is 1.60 bits per heavy atom. The molecule has 0 spiro atoms. The molecular weight excluding hydrogens is 276 g/mol. The van der Waals surface area contributed by atoms with Crippen LogP contribution in [0.4, 0.5) is 0 Å². The van der Waals surface area contributed by atoms with Crippen LogP contribution in [0.5, 0.6) is 0 Å². The van der Waals surface area contributed by atoms with E-state index < -0.39 is 16.8 Å². The maximum absolute atomic E-state index is 12.1. The summed E-state index contributed by atoms with van der Waals surface area (Å²) in [4.78, 5) is 23.6. The molecule has 0 aliphatic carbocycles. The van der Waals surface area contributed by atoms with Crippen LogP contribution < -0.4 is 0 Å². The van der Waals surface area contributed by atoms with Crippen LogP contribution in [0.2, 0.25) is 0 Å². The summed E-state index contributed by atoms with van der Waals surface area (Å²) >= 11 is 5.80. The topological polar surface area (TPSA) is 43.4 Å². The lowest BCUT2D eigenvalue weighted by molar-refractivity contribution is -0.159. The van der Waals surface area contributed by atoms with Crippen molar-refractivity contribution in [1.29, 1.82) is 0 Å². The second-order valence-corrected chi connectivity index (χ2v) is 4.62. The molecule has 0 fully saturated rings. The Labute approximate surface area is 122 Å². The van der Waals surface area contributed by atoms with Crippen LogP contribution in [-0.2, 0) is 19.9 Å². The normalized spacial score (nSPS) is 10.9. The molecule has 0 amide bonds. The van der Waals surface area contributed by atoms with Crippen molar-refractivity contribution >= 4 is 22.8 Å². The van der Waals surface area contributed by atoms with Crippen molar-refractivity contribution in [3.05, 3.63) is 71.8 Å². The molecule has 0 radical (unpaired) electrons. The predicted octanol–water partition coefficient (Wildman–Crippen LogP) is 3.26. The fraction of sp³-hybridized carbons (Fsp3) is 0.125. The van der Waals surface area contributed by atoms with Gasteiger partial charge in [-0.2, -0.15) is 0 Å². The van der Waals surface area contributed by atoms with Crippen molar-refractivity contribution in [1.82, 2.24) is 0 Å². The minimum atomic E-state index is -1.62. The van der Waals surface area contributed by atoms with Crippen molar-refractivity contribution < 1.29 is 14.3 Å². The summed E-state index contributed by atoms with van der Waals surface area (Å²) in [6.45, 7) is 1.25. The van der Waals surface area contributed by atoms with Crippen LogP contribution in [0.3, 0.4) is 0 Å². The summed E-state index contributed by atoms with van der Waals surface area (Å²) in [6, 6.07) is 17.5. The first-order valence-electron chi connectivity index (χ1n) is 6.08. The third-order valence-electron chi connectivity index (χ3n) is 2.93. The molecule has 2 rings (SSSR count). The Balaban J connectivity index is 2.69. The average molecular weight is 289 g/mol. The van der Waals surface area contributed by atoms with Gasteiger partial charge in [0.05, 0.1) is 0 Å². The number of esters is 1. The zero-order chi connectivity index (χ0) is 14.6. The van der Waals surface area contributed by atoms with E-state index in [4.69, 9.17) is 16.3 Å². The van der Waals surface area contributed by atoms with Gasteiger partial charge in [0.1, 0.15) is 0 Å². The van der Waals surface area contributed by atoms with Crippen LogP contribution in [0.15, 0.2) is 60.7 Å². The lowest BCUT2D eigenvalue weighted by Gasteiger charge is -2.30. The minimum absolute atomic E-state index is 0.515. The first-order chi connectivity index (χ1) is 9.57. The van der Waals surface area contributed by atoms with Gasteiger partial charge in [-0.25, -0.2) is 0 Å². The summed E-state index contributed by atoms with van der Waals surface area (Å²) in [5, 5.41) is -0.759. The number of rotatable bonds is 4. The van der Waals surface area contributed by atoms with E-state index in [9.17, 15) is 9.59 Å². The number of carbonyl (C=O) groups is 2. The van der Waals surface area contributed by atoms with Gasteiger partial charge in [0.15, 0.2) is 0 Å². The zero-order valence-corrected chi connectivity index (χ0v) is 11.6. The Hall–Kier alpha value is -2.13. The van der Waals surface area contributed by atoms with Crippen molar-refractivity contribution in [3.63, 3.8) is 0 Å². The molecule has 20 heavy (non-hydrogen) atoms. The Kier molecular flexibility index (Phi) is 4.20. The van der Waals surface area contributed by atoms with Crippen molar-refractivity contribution in [2.75, 3.05) is 0 Å². The summed E-state index contributed by atoms with van der Waals surface area (Å²) in [5.41, 5.74) is -0.585. The number of ether oxygens (including phenoxy) is 1. The molecule has 0 saturated carbocycles. The number of hydrogen-bond donors (Lipinski definition) is 0. The van der Waals surface area contributed by atoms with Crippen LogP contribution >= 0.6 is 11.6 Å². The summed E-state index contributed by atoms with van der Waals surface area (Å²) in [6.07, 6.45) is 0. The Bertz CT molecular complexity index is 569. The van der Waals surface area contributed by atoms with E-state index in [1.54, 1.807) is 48.5 Å². The molecular formula is C16H13ClO3. The molecule has 3 nitrogen and oxygen atoms in total. The highest BCUT2D eigenvalue weighted by atomic mass is 35.5. The Morgan fingerprint density at radius 1 is 0.900 bits per heavy atom.